The van der Waals surface area contributed by atoms with Crippen molar-refractivity contribution in [3.05, 3.63) is 94.3 Å². The van der Waals surface area contributed by atoms with Crippen LogP contribution in [0.5, 0.6) is 5.75 Å². The molecule has 0 saturated heterocycles. The standard InChI is InChI=1S/C22H19NO3/c1-15-7-9-17(10-8-15)21-18-11-23-20(12-24)22(19(18)14-26-21)25-13-16-5-3-2-4-6-16/h2-12,21H,13-14H2,1H3. The van der Waals surface area contributed by atoms with E-state index in [4.69, 9.17) is 9.47 Å². The minimum atomic E-state index is -0.183. The van der Waals surface area contributed by atoms with E-state index in [1.54, 1.807) is 6.20 Å². The largest absolute Gasteiger partial charge is 0.486 e. The fourth-order valence-electron chi connectivity index (χ4n) is 3.18. The Morgan fingerprint density at radius 3 is 2.65 bits per heavy atom. The van der Waals surface area contributed by atoms with Crippen LogP contribution in [0.4, 0.5) is 0 Å². The Labute approximate surface area is 152 Å². The smallest absolute Gasteiger partial charge is 0.172 e. The third-order valence-electron chi connectivity index (χ3n) is 4.59. The number of pyridine rings is 1. The highest BCUT2D eigenvalue weighted by atomic mass is 16.5. The van der Waals surface area contributed by atoms with E-state index >= 15 is 0 Å². The Morgan fingerprint density at radius 1 is 1.15 bits per heavy atom. The Hall–Kier alpha value is -2.98. The number of fused-ring (bicyclic) bond motifs is 1. The molecule has 4 heteroatoms. The SMILES string of the molecule is Cc1ccc(C2OCc3c2cnc(C=O)c3OCc2ccccc2)cc1. The van der Waals surface area contributed by atoms with E-state index in [2.05, 4.69) is 36.2 Å². The number of carbonyl (C=O) groups excluding carboxylic acids is 1. The summed E-state index contributed by atoms with van der Waals surface area (Å²) >= 11 is 0. The molecule has 0 radical (unpaired) electrons. The first-order valence-corrected chi connectivity index (χ1v) is 8.58. The van der Waals surface area contributed by atoms with Gasteiger partial charge in [-0.2, -0.15) is 0 Å². The van der Waals surface area contributed by atoms with Crippen LogP contribution in [-0.2, 0) is 18.0 Å². The number of hydrogen-bond acceptors (Lipinski definition) is 4. The maximum atomic E-state index is 11.4. The fourth-order valence-corrected chi connectivity index (χ4v) is 3.18. The lowest BCUT2D eigenvalue weighted by Gasteiger charge is -2.14. The summed E-state index contributed by atoms with van der Waals surface area (Å²) in [4.78, 5) is 15.7. The summed E-state index contributed by atoms with van der Waals surface area (Å²) in [6.45, 7) is 2.84. The van der Waals surface area contributed by atoms with Gasteiger partial charge in [-0.15, -0.1) is 0 Å². The van der Waals surface area contributed by atoms with Gasteiger partial charge in [0.2, 0.25) is 0 Å². The predicted molar refractivity (Wildman–Crippen MR) is 98.2 cm³/mol. The molecule has 2 aromatic carbocycles. The van der Waals surface area contributed by atoms with Crippen molar-refractivity contribution in [3.8, 4) is 5.75 Å². The Kier molecular flexibility index (Phi) is 4.50. The number of ether oxygens (including phenoxy) is 2. The highest BCUT2D eigenvalue weighted by Gasteiger charge is 2.30. The lowest BCUT2D eigenvalue weighted by Crippen LogP contribution is -2.05. The lowest BCUT2D eigenvalue weighted by atomic mass is 9.99. The van der Waals surface area contributed by atoms with Gasteiger partial charge in [-0.1, -0.05) is 60.2 Å². The summed E-state index contributed by atoms with van der Waals surface area (Å²) in [7, 11) is 0. The third kappa shape index (κ3) is 3.11. The molecule has 0 bridgehead atoms. The molecule has 26 heavy (non-hydrogen) atoms. The third-order valence-corrected chi connectivity index (χ3v) is 4.59. The molecule has 1 aromatic heterocycles. The van der Waals surface area contributed by atoms with Gasteiger partial charge in [0, 0.05) is 17.3 Å². The van der Waals surface area contributed by atoms with Crippen LogP contribution in [0.25, 0.3) is 0 Å². The molecule has 130 valence electrons. The van der Waals surface area contributed by atoms with Crippen molar-refractivity contribution in [3.63, 3.8) is 0 Å². The molecule has 0 fully saturated rings. The molecule has 4 rings (SSSR count). The molecule has 0 N–H and O–H groups in total. The van der Waals surface area contributed by atoms with Crippen LogP contribution in [0.2, 0.25) is 0 Å². The van der Waals surface area contributed by atoms with Crippen molar-refractivity contribution < 1.29 is 14.3 Å². The molecule has 0 amide bonds. The quantitative estimate of drug-likeness (QED) is 0.643. The number of benzene rings is 2. The zero-order valence-electron chi connectivity index (χ0n) is 14.5. The van der Waals surface area contributed by atoms with Crippen molar-refractivity contribution in [1.82, 2.24) is 4.98 Å². The maximum Gasteiger partial charge on any atom is 0.172 e. The molecule has 0 saturated carbocycles. The van der Waals surface area contributed by atoms with E-state index in [9.17, 15) is 4.79 Å². The summed E-state index contributed by atoms with van der Waals surface area (Å²) in [6, 6.07) is 18.1. The zero-order chi connectivity index (χ0) is 17.9. The maximum absolute atomic E-state index is 11.4. The van der Waals surface area contributed by atoms with E-state index in [-0.39, 0.29) is 6.10 Å². The first-order valence-electron chi connectivity index (χ1n) is 8.58. The minimum Gasteiger partial charge on any atom is -0.486 e. The van der Waals surface area contributed by atoms with Gasteiger partial charge in [0.1, 0.15) is 18.4 Å². The highest BCUT2D eigenvalue weighted by Crippen LogP contribution is 2.40. The Bertz CT molecular complexity index is 920. The predicted octanol–water partition coefficient (Wildman–Crippen LogP) is 4.40. The second-order valence-electron chi connectivity index (χ2n) is 6.40. The van der Waals surface area contributed by atoms with E-state index in [0.717, 1.165) is 28.5 Å². The number of carbonyl (C=O) groups is 1. The topological polar surface area (TPSA) is 48.4 Å². The summed E-state index contributed by atoms with van der Waals surface area (Å²) in [6.07, 6.45) is 2.28. The van der Waals surface area contributed by atoms with Crippen LogP contribution < -0.4 is 4.74 Å². The van der Waals surface area contributed by atoms with Crippen molar-refractivity contribution in [1.29, 1.82) is 0 Å². The second-order valence-corrected chi connectivity index (χ2v) is 6.40. The zero-order valence-corrected chi connectivity index (χ0v) is 14.5. The molecule has 1 unspecified atom stereocenters. The van der Waals surface area contributed by atoms with Gasteiger partial charge in [0.25, 0.3) is 0 Å². The van der Waals surface area contributed by atoms with E-state index in [0.29, 0.717) is 24.7 Å². The van der Waals surface area contributed by atoms with Gasteiger partial charge in [-0.3, -0.25) is 4.79 Å². The van der Waals surface area contributed by atoms with Gasteiger partial charge >= 0.3 is 0 Å². The number of hydrogen-bond donors (Lipinski definition) is 0. The van der Waals surface area contributed by atoms with Gasteiger partial charge in [0.05, 0.1) is 6.61 Å². The van der Waals surface area contributed by atoms with Crippen LogP contribution in [0.15, 0.2) is 60.8 Å². The van der Waals surface area contributed by atoms with E-state index < -0.39 is 0 Å². The molecule has 2 heterocycles. The average molecular weight is 345 g/mol. The van der Waals surface area contributed by atoms with Gasteiger partial charge in [-0.25, -0.2) is 4.98 Å². The van der Waals surface area contributed by atoms with Gasteiger partial charge < -0.3 is 9.47 Å². The average Bonchev–Trinajstić information content (AvgIpc) is 3.11. The number of aromatic nitrogens is 1. The summed E-state index contributed by atoms with van der Waals surface area (Å²) in [5, 5.41) is 0. The number of aryl methyl sites for hydroxylation is 1. The van der Waals surface area contributed by atoms with E-state index in [1.807, 2.05) is 30.3 Å². The van der Waals surface area contributed by atoms with Crippen molar-refractivity contribution in [2.24, 2.45) is 0 Å². The van der Waals surface area contributed by atoms with Crippen LogP contribution in [0.1, 0.15) is 44.4 Å². The second kappa shape index (κ2) is 7.10. The first kappa shape index (κ1) is 16.5. The van der Waals surface area contributed by atoms with Crippen molar-refractivity contribution >= 4 is 6.29 Å². The van der Waals surface area contributed by atoms with Crippen molar-refractivity contribution in [2.75, 3.05) is 0 Å². The van der Waals surface area contributed by atoms with Crippen molar-refractivity contribution in [2.45, 2.75) is 26.2 Å². The number of nitrogens with zero attached hydrogens (tertiary/aromatic N) is 1. The monoisotopic (exact) mass is 345 g/mol. The summed E-state index contributed by atoms with van der Waals surface area (Å²) < 4.78 is 12.0. The van der Waals surface area contributed by atoms with Crippen LogP contribution >= 0.6 is 0 Å². The molecule has 0 aliphatic carbocycles. The number of aldehydes is 1. The minimum absolute atomic E-state index is 0.183. The molecule has 0 spiro atoms. The molecule has 4 nitrogen and oxygen atoms in total. The molecular formula is C22H19NO3. The Balaban J connectivity index is 1.67. The first-order chi connectivity index (χ1) is 12.8. The Morgan fingerprint density at radius 2 is 1.92 bits per heavy atom. The van der Waals surface area contributed by atoms with Crippen LogP contribution in [-0.4, -0.2) is 11.3 Å². The van der Waals surface area contributed by atoms with Crippen LogP contribution in [0, 0.1) is 6.92 Å². The molecule has 1 aliphatic heterocycles. The molecular weight excluding hydrogens is 326 g/mol. The molecule has 1 atom stereocenters. The highest BCUT2D eigenvalue weighted by molar-refractivity contribution is 5.78. The summed E-state index contributed by atoms with van der Waals surface area (Å²) in [5.41, 5.74) is 5.49. The van der Waals surface area contributed by atoms with Gasteiger partial charge in [0.15, 0.2) is 12.0 Å². The molecule has 1 aliphatic rings. The number of rotatable bonds is 5. The fraction of sp³-hybridized carbons (Fsp3) is 0.182. The van der Waals surface area contributed by atoms with Crippen LogP contribution in [0.3, 0.4) is 0 Å². The normalized spacial score (nSPS) is 15.5. The molecule has 3 aromatic rings. The van der Waals surface area contributed by atoms with E-state index in [1.165, 1.54) is 5.56 Å². The lowest BCUT2D eigenvalue weighted by molar-refractivity contribution is 0.0928. The van der Waals surface area contributed by atoms with Gasteiger partial charge in [-0.05, 0) is 18.1 Å². The summed E-state index contributed by atoms with van der Waals surface area (Å²) in [5.74, 6) is 0.524.